The summed E-state index contributed by atoms with van der Waals surface area (Å²) in [6.07, 6.45) is 4.28. The molecule has 1 amide bonds. The summed E-state index contributed by atoms with van der Waals surface area (Å²) in [6.45, 7) is 5.80. The Balaban J connectivity index is 1.35. The number of rotatable bonds is 2. The number of benzene rings is 1. The molecule has 1 spiro atoms. The Morgan fingerprint density at radius 3 is 2.73 bits per heavy atom. The molecule has 2 aliphatic rings. The first-order chi connectivity index (χ1) is 14.5. The van der Waals surface area contributed by atoms with E-state index in [0.717, 1.165) is 47.9 Å². The predicted octanol–water partition coefficient (Wildman–Crippen LogP) is 4.06. The largest absolute Gasteiger partial charge is 0.461 e. The average molecular weight is 403 g/mol. The van der Waals surface area contributed by atoms with E-state index in [-0.39, 0.29) is 5.91 Å². The molecule has 2 aliphatic heterocycles. The smallest absolute Gasteiger partial charge is 0.253 e. The molecular formula is C24H25N3O3. The Hall–Kier alpha value is -2.99. The van der Waals surface area contributed by atoms with Crippen LogP contribution in [0.3, 0.4) is 0 Å². The zero-order valence-corrected chi connectivity index (χ0v) is 17.4. The monoisotopic (exact) mass is 403 g/mol. The quantitative estimate of drug-likeness (QED) is 0.646. The van der Waals surface area contributed by atoms with E-state index in [0.29, 0.717) is 25.3 Å². The molecule has 6 heteroatoms. The summed E-state index contributed by atoms with van der Waals surface area (Å²) >= 11 is 0. The van der Waals surface area contributed by atoms with Gasteiger partial charge in [0.05, 0.1) is 12.3 Å². The Labute approximate surface area is 175 Å². The summed E-state index contributed by atoms with van der Waals surface area (Å²) in [5.41, 5.74) is 3.39. The van der Waals surface area contributed by atoms with Gasteiger partial charge in [0.25, 0.3) is 5.91 Å². The summed E-state index contributed by atoms with van der Waals surface area (Å²) in [5, 5.41) is 0. The van der Waals surface area contributed by atoms with Crippen molar-refractivity contribution in [1.29, 1.82) is 0 Å². The third kappa shape index (κ3) is 3.31. The SMILES string of the molecule is Cc1ncc2c(n1)C1(CCN(C(=O)c3cccc(-c4ccc(C)o4)c3)CC1)OCC2. The normalized spacial score (nSPS) is 17.7. The van der Waals surface area contributed by atoms with Crippen LogP contribution in [0.15, 0.2) is 47.0 Å². The molecule has 1 saturated heterocycles. The molecule has 1 aromatic carbocycles. The van der Waals surface area contributed by atoms with E-state index in [1.165, 1.54) is 5.56 Å². The summed E-state index contributed by atoms with van der Waals surface area (Å²) < 4.78 is 12.0. The number of aryl methyl sites for hydroxylation is 2. The molecule has 4 heterocycles. The van der Waals surface area contributed by atoms with Crippen molar-refractivity contribution in [1.82, 2.24) is 14.9 Å². The van der Waals surface area contributed by atoms with Crippen LogP contribution >= 0.6 is 0 Å². The number of aromatic nitrogens is 2. The summed E-state index contributed by atoms with van der Waals surface area (Å²) in [4.78, 5) is 24.2. The van der Waals surface area contributed by atoms with Crippen LogP contribution in [0.5, 0.6) is 0 Å². The lowest BCUT2D eigenvalue weighted by Crippen LogP contribution is -2.49. The van der Waals surface area contributed by atoms with Crippen molar-refractivity contribution >= 4 is 5.91 Å². The average Bonchev–Trinajstić information content (AvgIpc) is 3.21. The van der Waals surface area contributed by atoms with Crippen LogP contribution in [0, 0.1) is 13.8 Å². The zero-order chi connectivity index (χ0) is 20.7. The van der Waals surface area contributed by atoms with Crippen LogP contribution in [0.2, 0.25) is 0 Å². The number of piperidine rings is 1. The second-order valence-electron chi connectivity index (χ2n) is 8.17. The molecule has 0 unspecified atom stereocenters. The van der Waals surface area contributed by atoms with Gasteiger partial charge >= 0.3 is 0 Å². The number of carbonyl (C=O) groups excluding carboxylic acids is 1. The molecule has 3 aromatic rings. The standard InChI is InChI=1S/C24H25N3O3/c1-16-6-7-21(30-16)18-4-3-5-19(14-18)23(28)27-11-9-24(10-12-27)22-20(8-13-29-24)15-25-17(2)26-22/h3-7,14-15H,8-13H2,1-2H3. The van der Waals surface area contributed by atoms with E-state index in [4.69, 9.17) is 14.1 Å². The first kappa shape index (κ1) is 19.0. The van der Waals surface area contributed by atoms with Crippen molar-refractivity contribution in [2.75, 3.05) is 19.7 Å². The summed E-state index contributed by atoms with van der Waals surface area (Å²) in [5.74, 6) is 2.45. The van der Waals surface area contributed by atoms with Crippen molar-refractivity contribution in [3.8, 4) is 11.3 Å². The van der Waals surface area contributed by atoms with Crippen LogP contribution in [-0.2, 0) is 16.8 Å². The fourth-order valence-corrected chi connectivity index (χ4v) is 4.53. The molecular weight excluding hydrogens is 378 g/mol. The molecule has 30 heavy (non-hydrogen) atoms. The third-order valence-corrected chi connectivity index (χ3v) is 6.16. The van der Waals surface area contributed by atoms with E-state index < -0.39 is 5.60 Å². The topological polar surface area (TPSA) is 68.5 Å². The van der Waals surface area contributed by atoms with Crippen LogP contribution in [0.4, 0.5) is 0 Å². The maximum atomic E-state index is 13.2. The van der Waals surface area contributed by atoms with Gasteiger partial charge in [-0.15, -0.1) is 0 Å². The van der Waals surface area contributed by atoms with Gasteiger partial charge in [0.2, 0.25) is 0 Å². The Kier molecular flexibility index (Phi) is 4.66. The van der Waals surface area contributed by atoms with Crippen LogP contribution in [0.25, 0.3) is 11.3 Å². The third-order valence-electron chi connectivity index (χ3n) is 6.16. The number of carbonyl (C=O) groups is 1. The Morgan fingerprint density at radius 2 is 1.97 bits per heavy atom. The highest BCUT2D eigenvalue weighted by Gasteiger charge is 2.43. The molecule has 154 valence electrons. The molecule has 0 bridgehead atoms. The maximum Gasteiger partial charge on any atom is 0.253 e. The number of amides is 1. The van der Waals surface area contributed by atoms with Gasteiger partial charge in [-0.2, -0.15) is 0 Å². The van der Waals surface area contributed by atoms with E-state index in [9.17, 15) is 4.79 Å². The molecule has 5 rings (SSSR count). The molecule has 0 saturated carbocycles. The molecule has 6 nitrogen and oxygen atoms in total. The minimum Gasteiger partial charge on any atom is -0.461 e. The predicted molar refractivity (Wildman–Crippen MR) is 112 cm³/mol. The second-order valence-corrected chi connectivity index (χ2v) is 8.17. The lowest BCUT2D eigenvalue weighted by atomic mass is 9.83. The zero-order valence-electron chi connectivity index (χ0n) is 17.4. The van der Waals surface area contributed by atoms with Gasteiger partial charge in [-0.1, -0.05) is 12.1 Å². The lowest BCUT2D eigenvalue weighted by molar-refractivity contribution is -0.0968. The van der Waals surface area contributed by atoms with Gasteiger partial charge in [-0.05, 0) is 62.9 Å². The first-order valence-corrected chi connectivity index (χ1v) is 10.5. The molecule has 2 aromatic heterocycles. The van der Waals surface area contributed by atoms with Crippen LogP contribution in [-0.4, -0.2) is 40.5 Å². The lowest BCUT2D eigenvalue weighted by Gasteiger charge is -2.44. The van der Waals surface area contributed by atoms with E-state index in [1.54, 1.807) is 0 Å². The van der Waals surface area contributed by atoms with Crippen molar-refractivity contribution in [2.45, 2.75) is 38.7 Å². The number of nitrogens with zero attached hydrogens (tertiary/aromatic N) is 3. The van der Waals surface area contributed by atoms with Gasteiger partial charge in [0, 0.05) is 30.4 Å². The van der Waals surface area contributed by atoms with Crippen molar-refractivity contribution < 1.29 is 13.9 Å². The van der Waals surface area contributed by atoms with E-state index >= 15 is 0 Å². The second kappa shape index (κ2) is 7.36. The van der Waals surface area contributed by atoms with Gasteiger partial charge in [0.1, 0.15) is 22.9 Å². The highest BCUT2D eigenvalue weighted by atomic mass is 16.5. The van der Waals surface area contributed by atoms with Crippen molar-refractivity contribution in [3.05, 3.63) is 71.0 Å². The number of furan rings is 1. The van der Waals surface area contributed by atoms with E-state index in [1.807, 2.05) is 61.3 Å². The highest BCUT2D eigenvalue weighted by molar-refractivity contribution is 5.95. The number of hydrogen-bond acceptors (Lipinski definition) is 5. The Bertz CT molecular complexity index is 1100. The van der Waals surface area contributed by atoms with Gasteiger partial charge < -0.3 is 14.1 Å². The minimum atomic E-state index is -0.397. The van der Waals surface area contributed by atoms with E-state index in [2.05, 4.69) is 4.98 Å². The van der Waals surface area contributed by atoms with Crippen molar-refractivity contribution in [3.63, 3.8) is 0 Å². The summed E-state index contributed by atoms with van der Waals surface area (Å²) in [7, 11) is 0. The van der Waals surface area contributed by atoms with Crippen LogP contribution in [0.1, 0.15) is 46.0 Å². The number of likely N-dealkylation sites (tertiary alicyclic amines) is 1. The number of hydrogen-bond donors (Lipinski definition) is 0. The van der Waals surface area contributed by atoms with Gasteiger partial charge in [0.15, 0.2) is 0 Å². The molecule has 0 N–H and O–H groups in total. The van der Waals surface area contributed by atoms with Crippen molar-refractivity contribution in [2.24, 2.45) is 0 Å². The first-order valence-electron chi connectivity index (χ1n) is 10.5. The fourth-order valence-electron chi connectivity index (χ4n) is 4.53. The van der Waals surface area contributed by atoms with Crippen LogP contribution < -0.4 is 0 Å². The molecule has 0 aliphatic carbocycles. The fraction of sp³-hybridized carbons (Fsp3) is 0.375. The van der Waals surface area contributed by atoms with Gasteiger partial charge in [-0.3, -0.25) is 4.79 Å². The highest BCUT2D eigenvalue weighted by Crippen LogP contribution is 2.40. The number of ether oxygens (including phenoxy) is 1. The summed E-state index contributed by atoms with van der Waals surface area (Å²) in [6, 6.07) is 11.5. The Morgan fingerprint density at radius 1 is 1.13 bits per heavy atom. The minimum absolute atomic E-state index is 0.0462. The molecule has 0 radical (unpaired) electrons. The number of fused-ring (bicyclic) bond motifs is 2. The maximum absolute atomic E-state index is 13.2. The molecule has 1 fully saturated rings. The molecule has 0 atom stereocenters. The van der Waals surface area contributed by atoms with Gasteiger partial charge in [-0.25, -0.2) is 9.97 Å².